The third kappa shape index (κ3) is 68.0. The molecule has 1 fully saturated rings. The third-order valence-electron chi connectivity index (χ3n) is 13.7. The van der Waals surface area contributed by atoms with Crippen molar-refractivity contribution < 1.29 is 62.7 Å². The summed E-state index contributed by atoms with van der Waals surface area (Å²) in [6.07, 6.45) is 39.1. The van der Waals surface area contributed by atoms with Crippen LogP contribution in [0.25, 0.3) is 0 Å². The number of rotatable bonds is 42. The maximum Gasteiger partial charge on any atom is 0.306 e. The smallest absolute Gasteiger partial charge is 0.306 e. The fourth-order valence-electron chi connectivity index (χ4n) is 7.90. The van der Waals surface area contributed by atoms with Crippen LogP contribution in [0.5, 0.6) is 0 Å². The van der Waals surface area contributed by atoms with Gasteiger partial charge in [0.2, 0.25) is 5.91 Å². The van der Waals surface area contributed by atoms with Gasteiger partial charge < -0.3 is 34.1 Å². The van der Waals surface area contributed by atoms with Crippen molar-refractivity contribution >= 4 is 42.2 Å². The van der Waals surface area contributed by atoms with Gasteiger partial charge >= 0.3 is 29.8 Å². The number of aliphatic carboxylic acids is 1. The number of carboxylic acid groups (broad SMARTS) is 2. The van der Waals surface area contributed by atoms with E-state index in [-0.39, 0.29) is 49.5 Å². The second kappa shape index (κ2) is 69.0. The van der Waals surface area contributed by atoms with E-state index < -0.39 is 23.8 Å². The Balaban J connectivity index is -0.000000333. The zero-order valence-corrected chi connectivity index (χ0v) is 53.7. The van der Waals surface area contributed by atoms with E-state index in [9.17, 15) is 28.8 Å². The first-order valence-electron chi connectivity index (χ1n) is 31.9. The zero-order valence-electron chi connectivity index (χ0n) is 53.7. The monoisotopic (exact) mass is 1140 g/mol. The average molecular weight is 1140 g/mol. The number of carboxylic acids is 1. The summed E-state index contributed by atoms with van der Waals surface area (Å²) < 4.78 is 21.0. The normalized spacial score (nSPS) is 12.0. The lowest BCUT2D eigenvalue weighted by molar-refractivity contribution is -0.150. The van der Waals surface area contributed by atoms with E-state index in [1.165, 1.54) is 115 Å². The predicted molar refractivity (Wildman–Crippen MR) is 330 cm³/mol. The first kappa shape index (κ1) is 84.6. The van der Waals surface area contributed by atoms with Gasteiger partial charge in [-0.3, -0.25) is 33.6 Å². The van der Waals surface area contributed by atoms with Crippen LogP contribution in [0.2, 0.25) is 0 Å². The second-order valence-electron chi connectivity index (χ2n) is 21.1. The quantitative estimate of drug-likeness (QED) is 0.0192. The summed E-state index contributed by atoms with van der Waals surface area (Å²) >= 11 is 0. The number of unbranched alkanes of at least 4 members (excludes halogenated alkanes) is 20. The Hall–Kier alpha value is -4.23. The van der Waals surface area contributed by atoms with Gasteiger partial charge in [0.15, 0.2) is 0 Å². The minimum absolute atomic E-state index is 0.0270. The molecule has 0 bridgehead atoms. The van der Waals surface area contributed by atoms with Crippen molar-refractivity contribution in [2.45, 2.75) is 301 Å². The van der Waals surface area contributed by atoms with Gasteiger partial charge in [-0.25, -0.2) is 0 Å². The highest BCUT2D eigenvalue weighted by Gasteiger charge is 2.23. The summed E-state index contributed by atoms with van der Waals surface area (Å²) in [5.41, 5.74) is 1.47. The molecule has 0 radical (unpaired) electrons. The molecule has 2 N–H and O–H groups in total. The number of hydrogen-bond donors (Lipinski definition) is 2. The van der Waals surface area contributed by atoms with Gasteiger partial charge in [-0.05, 0) is 90.9 Å². The number of esters is 4. The molecule has 80 heavy (non-hydrogen) atoms. The number of ether oxygens (including phenoxy) is 4. The highest BCUT2D eigenvalue weighted by atomic mass is 16.5. The first-order valence-corrected chi connectivity index (χ1v) is 31.9. The van der Waals surface area contributed by atoms with Crippen molar-refractivity contribution in [1.82, 2.24) is 4.90 Å². The van der Waals surface area contributed by atoms with Crippen LogP contribution >= 0.6 is 0 Å². The molecular weight excluding hydrogens is 1010 g/mol. The lowest BCUT2D eigenvalue weighted by atomic mass is 9.97. The van der Waals surface area contributed by atoms with Gasteiger partial charge in [0.1, 0.15) is 0 Å². The minimum atomic E-state index is -1.03. The Kier molecular flexibility index (Phi) is 73.0. The number of likely N-dealkylation sites (tertiary alicyclic amines) is 1. The number of carbonyl (C=O) groups is 7. The van der Waals surface area contributed by atoms with Crippen molar-refractivity contribution in [3.05, 3.63) is 23.8 Å². The topological polar surface area (TPSA) is 200 Å². The molecule has 0 spiro atoms. The maximum absolute atomic E-state index is 12.0. The minimum Gasteiger partial charge on any atom is -0.483 e. The number of nitrogens with zero attached hydrogens (tertiary/aromatic N) is 1. The molecule has 1 rings (SSSR count). The summed E-state index contributed by atoms with van der Waals surface area (Å²) in [6, 6.07) is 0. The third-order valence-corrected chi connectivity index (χ3v) is 13.7. The highest BCUT2D eigenvalue weighted by molar-refractivity contribution is 5.78. The van der Waals surface area contributed by atoms with Crippen molar-refractivity contribution in [3.63, 3.8) is 0 Å². The second-order valence-corrected chi connectivity index (χ2v) is 21.1. The fourth-order valence-corrected chi connectivity index (χ4v) is 7.90. The van der Waals surface area contributed by atoms with E-state index in [1.807, 2.05) is 44.7 Å². The van der Waals surface area contributed by atoms with Gasteiger partial charge in [-0.1, -0.05) is 214 Å². The molecule has 1 heterocycles. The summed E-state index contributed by atoms with van der Waals surface area (Å²) in [7, 11) is 0. The Morgan fingerprint density at radius 3 is 0.975 bits per heavy atom. The van der Waals surface area contributed by atoms with Crippen LogP contribution < -0.4 is 0 Å². The molecule has 0 aromatic carbocycles. The van der Waals surface area contributed by atoms with Crippen molar-refractivity contribution in [2.75, 3.05) is 39.5 Å². The molecule has 0 aromatic rings. The molecule has 0 aliphatic carbocycles. The predicted octanol–water partition coefficient (Wildman–Crippen LogP) is 17.6. The van der Waals surface area contributed by atoms with Gasteiger partial charge in [0, 0.05) is 51.1 Å². The van der Waals surface area contributed by atoms with E-state index in [4.69, 9.17) is 34.0 Å². The SMILES string of the molecule is C/C=C(\C)CC.C/C=C\C.CCC(C)C(=O)N1CCCC1.CCCCCCCCOC(=O)CC(CC(=O)O)CC(=O)OCCCCCCCC.CCCCCCCCOC(=O)CC(CC)CC(=O)OCCCCCCCC.O=CO. The summed E-state index contributed by atoms with van der Waals surface area (Å²) in [5, 5.41) is 15.9. The van der Waals surface area contributed by atoms with Crippen molar-refractivity contribution in [2.24, 2.45) is 17.8 Å². The molecule has 1 amide bonds. The Labute approximate surface area is 490 Å². The van der Waals surface area contributed by atoms with E-state index >= 15 is 0 Å². The molecule has 14 heteroatoms. The largest absolute Gasteiger partial charge is 0.483 e. The zero-order chi connectivity index (χ0) is 61.3. The van der Waals surface area contributed by atoms with Crippen LogP contribution in [0.1, 0.15) is 301 Å². The van der Waals surface area contributed by atoms with Gasteiger partial charge in [0.25, 0.3) is 6.47 Å². The van der Waals surface area contributed by atoms with Crippen LogP contribution in [-0.2, 0) is 52.5 Å². The molecular formula is C66H125NO13. The lowest BCUT2D eigenvalue weighted by Crippen LogP contribution is -2.32. The molecule has 1 aliphatic rings. The number of amides is 1. The van der Waals surface area contributed by atoms with Crippen LogP contribution in [-0.4, -0.2) is 96.9 Å². The Morgan fingerprint density at radius 1 is 0.463 bits per heavy atom. The number of allylic oxidation sites excluding steroid dienone is 4. The fraction of sp³-hybridized carbons (Fsp3) is 0.833. The van der Waals surface area contributed by atoms with Gasteiger partial charge in [-0.2, -0.15) is 0 Å². The standard InChI is InChI=1S/C23H42O6.C23H44O4.C9H17NO.C6H12.C4H8.CH2O2/c1-3-5-7-9-11-13-15-28-22(26)18-20(17-21(24)25)19-23(27)29-16-14-12-10-8-6-4-2;1-4-7-9-11-13-15-17-26-22(24)19-21(6-3)20-23(25)27-18-16-14-12-10-8-5-2;1-3-8(2)9(11)10-6-4-5-7-10;1-4-6(3)5-2;1-3-4-2;2-1-3/h20H,3-19H2,1-2H3,(H,24,25);21H,4-20H2,1-3H3;8H,3-7H2,1-2H3;4H,5H2,1-3H3;3-4H,1-2H3;1H,(H,2,3)/b;;;6-4+;4-3-;. The van der Waals surface area contributed by atoms with Gasteiger partial charge in [-0.15, -0.1) is 0 Å². The summed E-state index contributed by atoms with van der Waals surface area (Å²) in [6.45, 7) is 28.6. The number of hydrogen-bond acceptors (Lipinski definition) is 11. The Morgan fingerprint density at radius 2 is 0.750 bits per heavy atom. The van der Waals surface area contributed by atoms with Crippen LogP contribution in [0.15, 0.2) is 23.8 Å². The van der Waals surface area contributed by atoms with E-state index in [2.05, 4.69) is 61.5 Å². The molecule has 1 unspecified atom stereocenters. The van der Waals surface area contributed by atoms with E-state index in [0.29, 0.717) is 45.2 Å². The Bertz CT molecular complexity index is 1410. The van der Waals surface area contributed by atoms with Crippen LogP contribution in [0.4, 0.5) is 0 Å². The average Bonchev–Trinajstić information content (AvgIpc) is 3.99. The molecule has 0 aromatic heterocycles. The van der Waals surface area contributed by atoms with E-state index in [0.717, 1.165) is 90.1 Å². The molecule has 1 aliphatic heterocycles. The summed E-state index contributed by atoms with van der Waals surface area (Å²) in [4.78, 5) is 80.7. The van der Waals surface area contributed by atoms with Crippen LogP contribution in [0.3, 0.4) is 0 Å². The maximum atomic E-state index is 12.0. The molecule has 1 saturated heterocycles. The van der Waals surface area contributed by atoms with Crippen molar-refractivity contribution in [1.29, 1.82) is 0 Å². The lowest BCUT2D eigenvalue weighted by Gasteiger charge is -2.18. The molecule has 1 atom stereocenters. The molecule has 14 nitrogen and oxygen atoms in total. The van der Waals surface area contributed by atoms with E-state index in [1.54, 1.807) is 0 Å². The van der Waals surface area contributed by atoms with Gasteiger partial charge in [0.05, 0.1) is 26.4 Å². The van der Waals surface area contributed by atoms with Crippen LogP contribution in [0, 0.1) is 17.8 Å². The molecule has 0 saturated carbocycles. The molecule has 472 valence electrons. The number of carbonyl (C=O) groups excluding carboxylic acids is 5. The highest BCUT2D eigenvalue weighted by Crippen LogP contribution is 2.19. The first-order chi connectivity index (χ1) is 38.5. The van der Waals surface area contributed by atoms with Crippen molar-refractivity contribution in [3.8, 4) is 0 Å². The summed E-state index contributed by atoms with van der Waals surface area (Å²) in [5.74, 6) is -2.23.